The third kappa shape index (κ3) is 6.69. The van der Waals surface area contributed by atoms with Crippen molar-refractivity contribution in [3.8, 4) is 0 Å². The first-order valence-electron chi connectivity index (χ1n) is 9.24. The Kier molecular flexibility index (Phi) is 9.74. The molecule has 2 rings (SSSR count). The predicted molar refractivity (Wildman–Crippen MR) is 112 cm³/mol. The van der Waals surface area contributed by atoms with Gasteiger partial charge in [-0.05, 0) is 24.3 Å². The average molecular weight is 631 g/mol. The monoisotopic (exact) mass is 631 g/mol. The minimum Gasteiger partial charge on any atom is -0.478 e. The molecule has 2 aromatic carbocycles. The van der Waals surface area contributed by atoms with Crippen LogP contribution < -0.4 is 0 Å². The van der Waals surface area contributed by atoms with Crippen molar-refractivity contribution >= 4 is 23.3 Å². The van der Waals surface area contributed by atoms with Gasteiger partial charge in [-0.3, -0.25) is 11.1 Å². The van der Waals surface area contributed by atoms with Crippen molar-refractivity contribution < 1.29 is 50.6 Å². The summed E-state index contributed by atoms with van der Waals surface area (Å²) in [7, 11) is 0. The summed E-state index contributed by atoms with van der Waals surface area (Å²) in [5, 5.41) is 21.7. The van der Waals surface area contributed by atoms with E-state index in [2.05, 4.69) is 38.1 Å². The predicted octanol–water partition coefficient (Wildman–Crippen LogP) is 5.86. The topological polar surface area (TPSA) is 69.9 Å². The Balaban J connectivity index is 0.00000450. The molecule has 2 aromatic rings. The maximum absolute atomic E-state index is 14.1. The van der Waals surface area contributed by atoms with Gasteiger partial charge in [0.1, 0.15) is 5.82 Å². The third-order valence-corrected chi connectivity index (χ3v) is 4.25. The quantitative estimate of drug-likeness (QED) is 0.182. The normalized spacial score (nSPS) is 12.7. The first-order chi connectivity index (χ1) is 13.7. The molecule has 0 aliphatic heterocycles. The Labute approximate surface area is 200 Å². The molecule has 30 heavy (non-hydrogen) atoms. The standard InChI is InChI=1S/C24H24FNO3.U/c1-5-7-20(24(2,3)4)17-8-6-9-18(14-17)22(26-29)13-12-16-10-11-19(23(27)28)15-21(16)25;/h6,9-15,29H,5H2,1-4H3,(H,27,28);/q-2;+2/b13-12+,26-22-;. The molecule has 0 bridgehead atoms. The van der Waals surface area contributed by atoms with Gasteiger partial charge in [0.25, 0.3) is 0 Å². The van der Waals surface area contributed by atoms with Crippen LogP contribution in [-0.2, 0) is 0 Å². The number of hydrogen-bond acceptors (Lipinski definition) is 3. The number of hydrogen-bond donors (Lipinski definition) is 2. The van der Waals surface area contributed by atoms with E-state index in [1.165, 1.54) is 24.3 Å². The van der Waals surface area contributed by atoms with Gasteiger partial charge in [0.2, 0.25) is 0 Å². The molecule has 154 valence electrons. The molecule has 0 amide bonds. The SMILES string of the molecule is CC[C-]=C(c1[c-]ccc(C(/C=C/c2ccc(C(=O)O)cc2F)=N\O)c1)C(C)(C)C.[U+2]. The zero-order chi connectivity index (χ0) is 21.6. The average Bonchev–Trinajstić information content (AvgIpc) is 2.66. The van der Waals surface area contributed by atoms with Gasteiger partial charge in [0, 0.05) is 5.56 Å². The largest absolute Gasteiger partial charge is 2.00 e. The van der Waals surface area contributed by atoms with E-state index in [4.69, 9.17) is 5.11 Å². The van der Waals surface area contributed by atoms with Crippen LogP contribution in [0.2, 0.25) is 0 Å². The number of aromatic carboxylic acids is 1. The van der Waals surface area contributed by atoms with Crippen molar-refractivity contribution in [2.24, 2.45) is 10.6 Å². The van der Waals surface area contributed by atoms with Crippen LogP contribution in [0.15, 0.2) is 47.6 Å². The van der Waals surface area contributed by atoms with Crippen LogP contribution in [0.3, 0.4) is 0 Å². The smallest absolute Gasteiger partial charge is 0.478 e. The summed E-state index contributed by atoms with van der Waals surface area (Å²) in [4.78, 5) is 10.9. The van der Waals surface area contributed by atoms with E-state index in [1.54, 1.807) is 12.1 Å². The molecule has 0 saturated heterocycles. The second-order valence-electron chi connectivity index (χ2n) is 7.51. The fraction of sp³-hybridized carbons (Fsp3) is 0.250. The van der Waals surface area contributed by atoms with Crippen LogP contribution in [-0.4, -0.2) is 22.0 Å². The number of rotatable bonds is 6. The molecule has 0 unspecified atom stereocenters. The molecule has 0 saturated carbocycles. The van der Waals surface area contributed by atoms with Gasteiger partial charge in [-0.2, -0.15) is 6.07 Å². The number of oxime groups is 1. The summed E-state index contributed by atoms with van der Waals surface area (Å²) >= 11 is 0. The van der Waals surface area contributed by atoms with Crippen LogP contribution in [0, 0.1) is 54.5 Å². The molecule has 0 aliphatic rings. The molecule has 0 aliphatic carbocycles. The number of allylic oxidation sites excluding steroid dienone is 3. The number of carboxylic acids is 1. The summed E-state index contributed by atoms with van der Waals surface area (Å²) in [5.74, 6) is -1.87. The zero-order valence-corrected chi connectivity index (χ0v) is 21.6. The zero-order valence-electron chi connectivity index (χ0n) is 17.5. The van der Waals surface area contributed by atoms with Gasteiger partial charge in [-0.1, -0.05) is 49.9 Å². The summed E-state index contributed by atoms with van der Waals surface area (Å²) in [5.41, 5.74) is 2.67. The molecular formula is C24H24FNO3U. The number of halogens is 1. The van der Waals surface area contributed by atoms with E-state index in [-0.39, 0.29) is 53.4 Å². The summed E-state index contributed by atoms with van der Waals surface area (Å²) in [6.45, 7) is 8.30. The van der Waals surface area contributed by atoms with Gasteiger partial charge >= 0.3 is 37.1 Å². The Morgan fingerprint density at radius 1 is 1.23 bits per heavy atom. The number of benzene rings is 2. The fourth-order valence-corrected chi connectivity index (χ4v) is 2.86. The maximum atomic E-state index is 14.1. The van der Waals surface area contributed by atoms with E-state index in [9.17, 15) is 14.4 Å². The molecule has 0 fully saturated rings. The number of carbonyl (C=O) groups is 1. The first-order valence-corrected chi connectivity index (χ1v) is 9.24. The molecule has 0 spiro atoms. The molecular weight excluding hydrogens is 607 g/mol. The van der Waals surface area contributed by atoms with Crippen molar-refractivity contribution in [3.05, 3.63) is 82.7 Å². The van der Waals surface area contributed by atoms with Gasteiger partial charge in [0.05, 0.1) is 11.3 Å². The summed E-state index contributed by atoms with van der Waals surface area (Å²) < 4.78 is 14.1. The van der Waals surface area contributed by atoms with Gasteiger partial charge in [0.15, 0.2) is 0 Å². The van der Waals surface area contributed by atoms with Crippen LogP contribution in [0.4, 0.5) is 4.39 Å². The Hall–Kier alpha value is -2.16. The van der Waals surface area contributed by atoms with Crippen molar-refractivity contribution in [3.63, 3.8) is 0 Å². The van der Waals surface area contributed by atoms with Crippen molar-refractivity contribution in [2.45, 2.75) is 34.1 Å². The minimum atomic E-state index is -1.20. The van der Waals surface area contributed by atoms with Crippen molar-refractivity contribution in [2.75, 3.05) is 0 Å². The Bertz CT molecular complexity index is 988. The van der Waals surface area contributed by atoms with E-state index < -0.39 is 11.8 Å². The molecule has 0 atom stereocenters. The van der Waals surface area contributed by atoms with Crippen LogP contribution in [0.25, 0.3) is 11.6 Å². The van der Waals surface area contributed by atoms with Crippen molar-refractivity contribution in [1.29, 1.82) is 0 Å². The minimum absolute atomic E-state index is 0. The van der Waals surface area contributed by atoms with E-state index in [0.717, 1.165) is 23.6 Å². The first kappa shape index (κ1) is 25.9. The summed E-state index contributed by atoms with van der Waals surface area (Å²) in [6.07, 6.45) is 7.04. The Morgan fingerprint density at radius 2 is 1.93 bits per heavy atom. The molecule has 2 N–H and O–H groups in total. The van der Waals surface area contributed by atoms with Gasteiger partial charge in [-0.15, -0.1) is 12.5 Å². The number of carboxylic acid groups (broad SMARTS) is 1. The second kappa shape index (κ2) is 11.3. The van der Waals surface area contributed by atoms with E-state index >= 15 is 0 Å². The molecule has 0 heterocycles. The Morgan fingerprint density at radius 3 is 2.47 bits per heavy atom. The van der Waals surface area contributed by atoms with Gasteiger partial charge < -0.3 is 16.4 Å². The third-order valence-electron chi connectivity index (χ3n) is 4.25. The van der Waals surface area contributed by atoms with Crippen LogP contribution >= 0.6 is 0 Å². The molecule has 0 aromatic heterocycles. The fourth-order valence-electron chi connectivity index (χ4n) is 2.86. The second-order valence-corrected chi connectivity index (χ2v) is 7.51. The van der Waals surface area contributed by atoms with Crippen molar-refractivity contribution in [1.82, 2.24) is 0 Å². The molecule has 4 nitrogen and oxygen atoms in total. The van der Waals surface area contributed by atoms with Crippen LogP contribution in [0.5, 0.6) is 0 Å². The van der Waals surface area contributed by atoms with Gasteiger partial charge in [-0.25, -0.2) is 21.3 Å². The van der Waals surface area contributed by atoms with Crippen LogP contribution in [0.1, 0.15) is 61.2 Å². The maximum Gasteiger partial charge on any atom is 2.00 e. The van der Waals surface area contributed by atoms with E-state index in [1.807, 2.05) is 13.0 Å². The summed E-state index contributed by atoms with van der Waals surface area (Å²) in [6, 6.07) is 12.2. The number of nitrogens with zero attached hydrogens (tertiary/aromatic N) is 1. The molecule has 6 heteroatoms. The molecule has 0 radical (unpaired) electrons. The van der Waals surface area contributed by atoms with E-state index in [0.29, 0.717) is 5.56 Å².